The fraction of sp³-hybridized carbons (Fsp3) is 0.429. The number of nitrogens with two attached hydrogens (primary N) is 1. The minimum atomic E-state index is -1.58. The lowest BCUT2D eigenvalue weighted by Crippen LogP contribution is -2.39. The third-order valence-electron chi connectivity index (χ3n) is 3.44. The quantitative estimate of drug-likeness (QED) is 0.844. The van der Waals surface area contributed by atoms with Crippen LogP contribution in [0.1, 0.15) is 12.5 Å². The molecule has 0 aliphatic heterocycles. The first-order chi connectivity index (χ1) is 8.63. The van der Waals surface area contributed by atoms with E-state index in [9.17, 15) is 8.78 Å². The lowest BCUT2D eigenvalue weighted by Gasteiger charge is -2.21. The molecule has 2 nitrogen and oxygen atoms in total. The van der Waals surface area contributed by atoms with E-state index in [-0.39, 0.29) is 5.92 Å². The van der Waals surface area contributed by atoms with Gasteiger partial charge in [-0.1, -0.05) is 25.1 Å². The number of halogens is 2. The summed E-state index contributed by atoms with van der Waals surface area (Å²) in [6.45, 7) is 0.841. The van der Waals surface area contributed by atoms with E-state index in [4.69, 9.17) is 5.73 Å². The van der Waals surface area contributed by atoms with E-state index in [0.717, 1.165) is 16.5 Å². The summed E-state index contributed by atoms with van der Waals surface area (Å²) in [6, 6.07) is 7.16. The van der Waals surface area contributed by atoms with Crippen LogP contribution in [0.5, 0.6) is 0 Å². The van der Waals surface area contributed by atoms with Crippen molar-refractivity contribution in [2.45, 2.75) is 25.6 Å². The maximum absolute atomic E-state index is 13.2. The predicted molar refractivity (Wildman–Crippen MR) is 70.0 cm³/mol. The number of nitrogens with one attached hydrogen (secondary N) is 1. The van der Waals surface area contributed by atoms with Crippen LogP contribution >= 0.6 is 0 Å². The Bertz CT molecular complexity index is 509. The van der Waals surface area contributed by atoms with Crippen LogP contribution in [-0.2, 0) is 6.42 Å². The number of hydrogen-bond acceptors (Lipinski definition) is 1. The number of alkyl halides is 2. The van der Waals surface area contributed by atoms with E-state index in [2.05, 4.69) is 4.98 Å². The summed E-state index contributed by atoms with van der Waals surface area (Å²) >= 11 is 0. The van der Waals surface area contributed by atoms with Gasteiger partial charge in [0, 0.05) is 23.1 Å². The summed E-state index contributed by atoms with van der Waals surface area (Å²) in [5, 5.41) is 1.12. The van der Waals surface area contributed by atoms with Crippen molar-refractivity contribution in [1.82, 2.24) is 4.98 Å². The lowest BCUT2D eigenvalue weighted by atomic mass is 9.92. The second-order valence-electron chi connectivity index (χ2n) is 4.79. The molecule has 1 heterocycles. The molecule has 1 aromatic carbocycles. The normalized spacial score (nSPS) is 16.7. The molecule has 2 unspecified atom stereocenters. The second-order valence-corrected chi connectivity index (χ2v) is 4.79. The van der Waals surface area contributed by atoms with Crippen LogP contribution < -0.4 is 5.73 Å². The molecule has 0 saturated heterocycles. The van der Waals surface area contributed by atoms with E-state index in [1.807, 2.05) is 37.4 Å². The summed E-state index contributed by atoms with van der Waals surface area (Å²) in [4.78, 5) is 3.17. The summed E-state index contributed by atoms with van der Waals surface area (Å²) in [5.74, 6) is -0.102. The third-order valence-corrected chi connectivity index (χ3v) is 3.44. The Morgan fingerprint density at radius 1 is 1.33 bits per heavy atom. The molecule has 0 aliphatic rings. The Hall–Kier alpha value is -1.42. The first-order valence-corrected chi connectivity index (χ1v) is 6.14. The number of benzene rings is 1. The van der Waals surface area contributed by atoms with Crippen molar-refractivity contribution in [3.05, 3.63) is 36.0 Å². The Morgan fingerprint density at radius 2 is 2.06 bits per heavy atom. The highest BCUT2D eigenvalue weighted by Gasteiger charge is 2.23. The van der Waals surface area contributed by atoms with E-state index in [1.165, 1.54) is 0 Å². The van der Waals surface area contributed by atoms with Crippen molar-refractivity contribution < 1.29 is 8.78 Å². The highest BCUT2D eigenvalue weighted by atomic mass is 19.2. The fourth-order valence-electron chi connectivity index (χ4n) is 2.24. The molecule has 98 valence electrons. The van der Waals surface area contributed by atoms with Crippen molar-refractivity contribution in [2.75, 3.05) is 6.67 Å². The highest BCUT2D eigenvalue weighted by Crippen LogP contribution is 2.22. The van der Waals surface area contributed by atoms with E-state index in [0.29, 0.717) is 6.42 Å². The summed E-state index contributed by atoms with van der Waals surface area (Å²) in [6.07, 6.45) is 0.979. The molecule has 0 spiro atoms. The number of H-pyrrole nitrogens is 1. The number of para-hydroxylation sites is 1. The Balaban J connectivity index is 2.14. The standard InChI is InChI=1S/C14H18F2N2/c1-9(14(17)12(16)7-15)6-10-8-18-13-5-3-2-4-11(10)13/h2-5,8-9,12,14,18H,6-7,17H2,1H3/t9-,12?,14?/m1/s1. The fourth-order valence-corrected chi connectivity index (χ4v) is 2.24. The van der Waals surface area contributed by atoms with Crippen molar-refractivity contribution in [3.8, 4) is 0 Å². The van der Waals surface area contributed by atoms with Gasteiger partial charge in [0.2, 0.25) is 0 Å². The molecular weight excluding hydrogens is 234 g/mol. The van der Waals surface area contributed by atoms with Gasteiger partial charge in [-0.2, -0.15) is 0 Å². The molecule has 0 fully saturated rings. The van der Waals surface area contributed by atoms with E-state index >= 15 is 0 Å². The zero-order valence-corrected chi connectivity index (χ0v) is 10.4. The van der Waals surface area contributed by atoms with Gasteiger partial charge < -0.3 is 10.7 Å². The van der Waals surface area contributed by atoms with Crippen LogP contribution in [0.2, 0.25) is 0 Å². The zero-order valence-electron chi connectivity index (χ0n) is 10.4. The molecule has 3 N–H and O–H groups in total. The van der Waals surface area contributed by atoms with Gasteiger partial charge in [-0.15, -0.1) is 0 Å². The monoisotopic (exact) mass is 252 g/mol. The molecule has 2 aromatic rings. The maximum Gasteiger partial charge on any atom is 0.144 e. The average molecular weight is 252 g/mol. The van der Waals surface area contributed by atoms with Crippen LogP contribution in [-0.4, -0.2) is 23.9 Å². The van der Waals surface area contributed by atoms with Crippen LogP contribution in [0.4, 0.5) is 8.78 Å². The van der Waals surface area contributed by atoms with Gasteiger partial charge in [0.15, 0.2) is 0 Å². The minimum absolute atomic E-state index is 0.102. The SMILES string of the molecule is C[C@H](Cc1c[nH]c2ccccc12)C(N)C(F)CF. The van der Waals surface area contributed by atoms with E-state index < -0.39 is 18.9 Å². The Labute approximate surface area is 105 Å². The van der Waals surface area contributed by atoms with Gasteiger partial charge in [0.05, 0.1) is 0 Å². The smallest absolute Gasteiger partial charge is 0.144 e. The molecule has 1 aromatic heterocycles. The molecule has 0 aliphatic carbocycles. The topological polar surface area (TPSA) is 41.8 Å². The number of rotatable bonds is 5. The van der Waals surface area contributed by atoms with Gasteiger partial charge >= 0.3 is 0 Å². The minimum Gasteiger partial charge on any atom is -0.361 e. The van der Waals surface area contributed by atoms with E-state index in [1.54, 1.807) is 0 Å². The summed E-state index contributed by atoms with van der Waals surface area (Å²) in [5.41, 5.74) is 7.86. The van der Waals surface area contributed by atoms with Crippen LogP contribution in [0.15, 0.2) is 30.5 Å². The Kier molecular flexibility index (Phi) is 3.97. The number of fused-ring (bicyclic) bond motifs is 1. The van der Waals surface area contributed by atoms with Gasteiger partial charge in [0.1, 0.15) is 12.8 Å². The molecule has 3 atom stereocenters. The van der Waals surface area contributed by atoms with Crippen molar-refractivity contribution in [2.24, 2.45) is 11.7 Å². The molecular formula is C14H18F2N2. The van der Waals surface area contributed by atoms with Gasteiger partial charge in [-0.05, 0) is 24.0 Å². The molecule has 0 radical (unpaired) electrons. The van der Waals surface area contributed by atoms with Crippen molar-refractivity contribution in [3.63, 3.8) is 0 Å². The summed E-state index contributed by atoms with van der Waals surface area (Å²) in [7, 11) is 0. The predicted octanol–water partition coefficient (Wildman–Crippen LogP) is 2.98. The molecule has 18 heavy (non-hydrogen) atoms. The highest BCUT2D eigenvalue weighted by molar-refractivity contribution is 5.83. The molecule has 0 bridgehead atoms. The first kappa shape index (κ1) is 13.0. The first-order valence-electron chi connectivity index (χ1n) is 6.14. The average Bonchev–Trinajstić information content (AvgIpc) is 2.80. The number of aromatic amines is 1. The lowest BCUT2D eigenvalue weighted by molar-refractivity contribution is 0.190. The van der Waals surface area contributed by atoms with Gasteiger partial charge in [0.25, 0.3) is 0 Å². The van der Waals surface area contributed by atoms with Crippen LogP contribution in [0.25, 0.3) is 10.9 Å². The largest absolute Gasteiger partial charge is 0.361 e. The number of aromatic nitrogens is 1. The van der Waals surface area contributed by atoms with Crippen LogP contribution in [0, 0.1) is 5.92 Å². The van der Waals surface area contributed by atoms with Gasteiger partial charge in [-0.3, -0.25) is 0 Å². The number of hydrogen-bond donors (Lipinski definition) is 2. The van der Waals surface area contributed by atoms with Crippen LogP contribution in [0.3, 0.4) is 0 Å². The molecule has 0 saturated carbocycles. The Morgan fingerprint density at radius 3 is 2.78 bits per heavy atom. The molecule has 0 amide bonds. The maximum atomic E-state index is 13.2. The summed E-state index contributed by atoms with van der Waals surface area (Å²) < 4.78 is 25.5. The van der Waals surface area contributed by atoms with Crippen molar-refractivity contribution in [1.29, 1.82) is 0 Å². The van der Waals surface area contributed by atoms with Crippen molar-refractivity contribution >= 4 is 10.9 Å². The zero-order chi connectivity index (χ0) is 13.1. The molecule has 2 rings (SSSR count). The second kappa shape index (κ2) is 5.48. The van der Waals surface area contributed by atoms with Gasteiger partial charge in [-0.25, -0.2) is 8.78 Å². The third kappa shape index (κ3) is 2.53. The molecule has 4 heteroatoms.